The van der Waals surface area contributed by atoms with E-state index >= 15 is 0 Å². The number of nitrogens with zero attached hydrogens (tertiary/aromatic N) is 1. The maximum absolute atomic E-state index is 12.5. The Morgan fingerprint density at radius 3 is 2.60 bits per heavy atom. The van der Waals surface area contributed by atoms with E-state index in [1.54, 1.807) is 20.0 Å². The lowest BCUT2D eigenvalue weighted by Gasteiger charge is -2.28. The second-order valence-electron chi connectivity index (χ2n) is 5.34. The van der Waals surface area contributed by atoms with Crippen LogP contribution in [0.4, 0.5) is 0 Å². The summed E-state index contributed by atoms with van der Waals surface area (Å²) in [5, 5.41) is -0.477. The minimum Gasteiger partial charge on any atom is -0.444 e. The molecule has 112 valence electrons. The molecule has 0 spiro atoms. The first kappa shape index (κ1) is 15.6. The smallest absolute Gasteiger partial charge is 0.289 e. The SMILES string of the molecule is Cc1cc(Br)oc1C(=O)N(C)[C@H]1CCC[C@H]1S(C)(=O)=O. The predicted octanol–water partition coefficient (Wildman–Crippen LogP) is 2.39. The zero-order valence-electron chi connectivity index (χ0n) is 11.7. The Morgan fingerprint density at radius 1 is 1.45 bits per heavy atom. The van der Waals surface area contributed by atoms with Crippen LogP contribution >= 0.6 is 15.9 Å². The van der Waals surface area contributed by atoms with Gasteiger partial charge in [-0.3, -0.25) is 4.79 Å². The molecule has 7 heteroatoms. The highest BCUT2D eigenvalue weighted by Gasteiger charge is 2.39. The van der Waals surface area contributed by atoms with Gasteiger partial charge in [0.15, 0.2) is 20.3 Å². The van der Waals surface area contributed by atoms with E-state index in [0.717, 1.165) is 12.0 Å². The zero-order chi connectivity index (χ0) is 15.1. The van der Waals surface area contributed by atoms with Gasteiger partial charge in [0.05, 0.1) is 5.25 Å². The van der Waals surface area contributed by atoms with Gasteiger partial charge in [0.2, 0.25) is 0 Å². The number of rotatable bonds is 3. The van der Waals surface area contributed by atoms with Crippen molar-refractivity contribution in [2.45, 2.75) is 37.5 Å². The zero-order valence-corrected chi connectivity index (χ0v) is 14.1. The number of amides is 1. The molecule has 0 radical (unpaired) electrons. The number of carbonyl (C=O) groups is 1. The van der Waals surface area contributed by atoms with E-state index in [-0.39, 0.29) is 17.7 Å². The van der Waals surface area contributed by atoms with Gasteiger partial charge < -0.3 is 9.32 Å². The van der Waals surface area contributed by atoms with Crippen molar-refractivity contribution in [2.24, 2.45) is 0 Å². The topological polar surface area (TPSA) is 67.6 Å². The number of sulfone groups is 1. The lowest BCUT2D eigenvalue weighted by atomic mass is 10.2. The van der Waals surface area contributed by atoms with Gasteiger partial charge in [-0.15, -0.1) is 0 Å². The summed E-state index contributed by atoms with van der Waals surface area (Å²) < 4.78 is 29.5. The van der Waals surface area contributed by atoms with E-state index in [4.69, 9.17) is 4.42 Å². The molecule has 1 aromatic heterocycles. The number of aryl methyl sites for hydroxylation is 1. The largest absolute Gasteiger partial charge is 0.444 e. The van der Waals surface area contributed by atoms with E-state index in [2.05, 4.69) is 15.9 Å². The first-order chi connectivity index (χ1) is 9.21. The number of hydrogen-bond acceptors (Lipinski definition) is 4. The highest BCUT2D eigenvalue weighted by Crippen LogP contribution is 2.30. The molecule has 1 heterocycles. The predicted molar refractivity (Wildman–Crippen MR) is 79.5 cm³/mol. The molecule has 1 saturated carbocycles. The summed E-state index contributed by atoms with van der Waals surface area (Å²) in [6.07, 6.45) is 3.38. The molecule has 1 aromatic rings. The fraction of sp³-hybridized carbons (Fsp3) is 0.615. The maximum atomic E-state index is 12.5. The van der Waals surface area contributed by atoms with E-state index in [1.165, 1.54) is 11.2 Å². The number of halogens is 1. The van der Waals surface area contributed by atoms with Crippen LogP contribution in [0.15, 0.2) is 15.2 Å². The van der Waals surface area contributed by atoms with Gasteiger partial charge in [-0.25, -0.2) is 8.42 Å². The minimum absolute atomic E-state index is 0.263. The summed E-state index contributed by atoms with van der Waals surface area (Å²) in [6, 6.07) is 1.45. The Balaban J connectivity index is 2.25. The van der Waals surface area contributed by atoms with Crippen LogP contribution in [0.5, 0.6) is 0 Å². The van der Waals surface area contributed by atoms with Crippen molar-refractivity contribution in [1.29, 1.82) is 0 Å². The van der Waals surface area contributed by atoms with Crippen molar-refractivity contribution in [3.8, 4) is 0 Å². The van der Waals surface area contributed by atoms with Crippen LogP contribution in [0.2, 0.25) is 0 Å². The molecule has 2 atom stereocenters. The van der Waals surface area contributed by atoms with Gasteiger partial charge in [-0.2, -0.15) is 0 Å². The standard InChI is InChI=1S/C13H18BrNO4S/c1-8-7-11(14)19-12(8)13(16)15(2)9-5-4-6-10(9)20(3,17)18/h7,9-10H,4-6H2,1-3H3/t9-,10+/m0/s1. The Hall–Kier alpha value is -0.820. The quantitative estimate of drug-likeness (QED) is 0.826. The van der Waals surface area contributed by atoms with Crippen LogP contribution in [0.1, 0.15) is 35.4 Å². The molecule has 1 aliphatic rings. The first-order valence-corrected chi connectivity index (χ1v) is 9.18. The molecule has 0 aliphatic heterocycles. The highest BCUT2D eigenvalue weighted by molar-refractivity contribution is 9.10. The van der Waals surface area contributed by atoms with E-state index in [0.29, 0.717) is 17.5 Å². The summed E-state index contributed by atoms with van der Waals surface area (Å²) >= 11 is 3.19. The van der Waals surface area contributed by atoms with Crippen molar-refractivity contribution in [2.75, 3.05) is 13.3 Å². The molecule has 0 bridgehead atoms. The van der Waals surface area contributed by atoms with E-state index in [1.807, 2.05) is 0 Å². The fourth-order valence-corrected chi connectivity index (χ4v) is 4.80. The van der Waals surface area contributed by atoms with Crippen molar-refractivity contribution in [3.63, 3.8) is 0 Å². The lowest BCUT2D eigenvalue weighted by Crippen LogP contribution is -2.44. The third kappa shape index (κ3) is 2.93. The Kier molecular flexibility index (Phi) is 4.30. The molecule has 0 saturated heterocycles. The number of carbonyl (C=O) groups excluding carboxylic acids is 1. The van der Waals surface area contributed by atoms with E-state index in [9.17, 15) is 13.2 Å². The molecule has 1 aliphatic carbocycles. The second-order valence-corrected chi connectivity index (χ2v) is 8.39. The average molecular weight is 364 g/mol. The summed E-state index contributed by atoms with van der Waals surface area (Å²) in [5.74, 6) is -0.00715. The van der Waals surface area contributed by atoms with Gasteiger partial charge >= 0.3 is 0 Å². The van der Waals surface area contributed by atoms with Crippen LogP contribution < -0.4 is 0 Å². The minimum atomic E-state index is -3.15. The molecular weight excluding hydrogens is 346 g/mol. The monoisotopic (exact) mass is 363 g/mol. The third-order valence-electron chi connectivity index (χ3n) is 3.87. The van der Waals surface area contributed by atoms with Gasteiger partial charge in [0, 0.05) is 24.9 Å². The molecule has 5 nitrogen and oxygen atoms in total. The van der Waals surface area contributed by atoms with E-state index < -0.39 is 15.1 Å². The second kappa shape index (κ2) is 5.52. The molecule has 0 aromatic carbocycles. The summed E-state index contributed by atoms with van der Waals surface area (Å²) in [5.41, 5.74) is 0.739. The Bertz CT molecular complexity index is 622. The van der Waals surface area contributed by atoms with Crippen molar-refractivity contribution in [3.05, 3.63) is 22.1 Å². The maximum Gasteiger partial charge on any atom is 0.289 e. The summed E-state index contributed by atoms with van der Waals surface area (Å²) in [7, 11) is -1.51. The van der Waals surface area contributed by atoms with Crippen molar-refractivity contribution < 1.29 is 17.6 Å². The third-order valence-corrected chi connectivity index (χ3v) is 5.91. The molecule has 20 heavy (non-hydrogen) atoms. The molecule has 0 unspecified atom stereocenters. The number of furan rings is 1. The molecule has 1 fully saturated rings. The summed E-state index contributed by atoms with van der Waals surface area (Å²) in [6.45, 7) is 1.79. The Labute approximate surface area is 127 Å². The van der Waals surface area contributed by atoms with Gasteiger partial charge in [0.1, 0.15) is 0 Å². The fourth-order valence-electron chi connectivity index (χ4n) is 2.82. The molecule has 2 rings (SSSR count). The average Bonchev–Trinajstić information content (AvgIpc) is 2.93. The summed E-state index contributed by atoms with van der Waals surface area (Å²) in [4.78, 5) is 14.0. The van der Waals surface area contributed by atoms with Crippen molar-refractivity contribution >= 4 is 31.7 Å². The van der Waals surface area contributed by atoms with Crippen LogP contribution in [-0.2, 0) is 9.84 Å². The van der Waals surface area contributed by atoms with Crippen LogP contribution in [-0.4, -0.2) is 43.8 Å². The van der Waals surface area contributed by atoms with Gasteiger partial charge in [-0.05, 0) is 48.2 Å². The molecular formula is C13H18BrNO4S. The Morgan fingerprint density at radius 2 is 2.10 bits per heavy atom. The molecule has 1 amide bonds. The van der Waals surface area contributed by atoms with Gasteiger partial charge in [0.25, 0.3) is 5.91 Å². The van der Waals surface area contributed by atoms with Gasteiger partial charge in [-0.1, -0.05) is 0 Å². The first-order valence-electron chi connectivity index (χ1n) is 6.43. The highest BCUT2D eigenvalue weighted by atomic mass is 79.9. The van der Waals surface area contributed by atoms with Crippen molar-refractivity contribution in [1.82, 2.24) is 4.90 Å². The van der Waals surface area contributed by atoms with Crippen LogP contribution in [0.3, 0.4) is 0 Å². The molecule has 0 N–H and O–H groups in total. The van der Waals surface area contributed by atoms with Crippen LogP contribution in [0.25, 0.3) is 0 Å². The lowest BCUT2D eigenvalue weighted by molar-refractivity contribution is 0.0702. The normalized spacial score (nSPS) is 23.0. The van der Waals surface area contributed by atoms with Crippen LogP contribution in [0, 0.1) is 6.92 Å². The number of hydrogen-bond donors (Lipinski definition) is 0.